The molecule has 0 bridgehead atoms. The molecule has 2 rings (SSSR count). The lowest BCUT2D eigenvalue weighted by Gasteiger charge is -2.03. The number of benzene rings is 1. The fraction of sp³-hybridized carbons (Fsp3) is 0.200. The van der Waals surface area contributed by atoms with Gasteiger partial charge in [0.05, 0.1) is 4.47 Å². The monoisotopic (exact) mass is 286 g/mol. The van der Waals surface area contributed by atoms with Crippen LogP contribution in [0.15, 0.2) is 16.6 Å². The van der Waals surface area contributed by atoms with Gasteiger partial charge in [0.25, 0.3) is 0 Å². The average molecular weight is 287 g/mol. The first-order valence-corrected chi connectivity index (χ1v) is 5.21. The second-order valence-corrected chi connectivity index (χ2v) is 4.07. The van der Waals surface area contributed by atoms with E-state index in [2.05, 4.69) is 15.9 Å². The number of ketones is 1. The van der Waals surface area contributed by atoms with E-state index in [1.807, 2.05) is 0 Å². The molecule has 5 nitrogen and oxygen atoms in total. The van der Waals surface area contributed by atoms with Gasteiger partial charge in [-0.05, 0) is 33.6 Å². The molecule has 84 valence electrons. The lowest BCUT2D eigenvalue weighted by molar-refractivity contribution is -0.148. The van der Waals surface area contributed by atoms with Crippen LogP contribution in [0.1, 0.15) is 5.56 Å². The zero-order valence-electron chi connectivity index (χ0n) is 8.03. The Morgan fingerprint density at radius 3 is 2.81 bits per heavy atom. The predicted molar refractivity (Wildman–Crippen MR) is 56.6 cm³/mol. The lowest BCUT2D eigenvalue weighted by Crippen LogP contribution is -2.14. The first kappa shape index (κ1) is 10.9. The van der Waals surface area contributed by atoms with Gasteiger partial charge in [-0.1, -0.05) is 0 Å². The number of aliphatic carboxylic acids is 1. The van der Waals surface area contributed by atoms with Crippen molar-refractivity contribution in [3.63, 3.8) is 0 Å². The van der Waals surface area contributed by atoms with Crippen molar-refractivity contribution >= 4 is 27.7 Å². The van der Waals surface area contributed by atoms with Crippen LogP contribution in [0.5, 0.6) is 11.5 Å². The largest absolute Gasteiger partial charge is 0.475 e. The molecule has 1 aromatic carbocycles. The van der Waals surface area contributed by atoms with Gasteiger partial charge >= 0.3 is 5.97 Å². The Bertz CT molecular complexity index is 469. The molecule has 0 saturated carbocycles. The van der Waals surface area contributed by atoms with Crippen LogP contribution < -0.4 is 9.47 Å². The van der Waals surface area contributed by atoms with Crippen LogP contribution in [0, 0.1) is 0 Å². The highest BCUT2D eigenvalue weighted by molar-refractivity contribution is 9.10. The molecule has 0 aromatic heterocycles. The molecular formula is C10H7BrO5. The van der Waals surface area contributed by atoms with E-state index in [4.69, 9.17) is 14.6 Å². The lowest BCUT2D eigenvalue weighted by atomic mass is 10.1. The van der Waals surface area contributed by atoms with Crippen molar-refractivity contribution < 1.29 is 24.2 Å². The fourth-order valence-electron chi connectivity index (χ4n) is 1.38. The van der Waals surface area contributed by atoms with E-state index in [9.17, 15) is 9.59 Å². The zero-order valence-corrected chi connectivity index (χ0v) is 9.61. The topological polar surface area (TPSA) is 72.8 Å². The number of hydrogen-bond donors (Lipinski definition) is 1. The molecule has 0 aliphatic carbocycles. The molecule has 6 heteroatoms. The molecule has 16 heavy (non-hydrogen) atoms. The number of rotatable bonds is 3. The molecule has 1 heterocycles. The van der Waals surface area contributed by atoms with Crippen LogP contribution in [-0.2, 0) is 16.0 Å². The van der Waals surface area contributed by atoms with Gasteiger partial charge in [0, 0.05) is 6.42 Å². The summed E-state index contributed by atoms with van der Waals surface area (Å²) < 4.78 is 11.0. The Balaban J connectivity index is 2.27. The third-order valence-electron chi connectivity index (χ3n) is 2.09. The van der Waals surface area contributed by atoms with Crippen LogP contribution in [0.3, 0.4) is 0 Å². The minimum Gasteiger partial charge on any atom is -0.475 e. The fourth-order valence-corrected chi connectivity index (χ4v) is 1.99. The quantitative estimate of drug-likeness (QED) is 0.850. The summed E-state index contributed by atoms with van der Waals surface area (Å²) in [6, 6.07) is 3.25. The third-order valence-corrected chi connectivity index (χ3v) is 2.68. The minimum atomic E-state index is -1.44. The maximum atomic E-state index is 11.0. The normalized spacial score (nSPS) is 12.6. The summed E-state index contributed by atoms with van der Waals surface area (Å²) >= 11 is 3.26. The van der Waals surface area contributed by atoms with E-state index in [1.54, 1.807) is 12.1 Å². The van der Waals surface area contributed by atoms with Crippen LogP contribution in [0.25, 0.3) is 0 Å². The van der Waals surface area contributed by atoms with Gasteiger partial charge < -0.3 is 14.6 Å². The van der Waals surface area contributed by atoms with Crippen LogP contribution in [0.4, 0.5) is 0 Å². The summed E-state index contributed by atoms with van der Waals surface area (Å²) in [5.74, 6) is -1.20. The number of carboxylic acids is 1. The SMILES string of the molecule is O=C(O)C(=O)Cc1cc(Br)c2c(c1)OCO2. The number of carboxylic acid groups (broad SMARTS) is 1. The molecule has 0 spiro atoms. The minimum absolute atomic E-state index is 0.129. The number of carbonyl (C=O) groups is 2. The maximum absolute atomic E-state index is 11.0. The Hall–Kier alpha value is -1.56. The summed E-state index contributed by atoms with van der Waals surface area (Å²) in [4.78, 5) is 21.4. The molecule has 1 aliphatic heterocycles. The van der Waals surface area contributed by atoms with Gasteiger partial charge in [-0.15, -0.1) is 0 Å². The Labute approximate surface area is 99.1 Å². The molecule has 1 aromatic rings. The molecule has 0 fully saturated rings. The average Bonchev–Trinajstić information content (AvgIpc) is 2.65. The van der Waals surface area contributed by atoms with E-state index in [0.29, 0.717) is 21.5 Å². The van der Waals surface area contributed by atoms with Crippen molar-refractivity contribution in [1.82, 2.24) is 0 Å². The highest BCUT2D eigenvalue weighted by atomic mass is 79.9. The molecule has 0 atom stereocenters. The van der Waals surface area contributed by atoms with Crippen molar-refractivity contribution in [2.24, 2.45) is 0 Å². The number of ether oxygens (including phenoxy) is 2. The summed E-state index contributed by atoms with van der Waals surface area (Å²) in [7, 11) is 0. The van der Waals surface area contributed by atoms with Crippen LogP contribution >= 0.6 is 15.9 Å². The molecule has 0 unspecified atom stereocenters. The van der Waals surface area contributed by atoms with Crippen molar-refractivity contribution in [1.29, 1.82) is 0 Å². The third kappa shape index (κ3) is 2.01. The highest BCUT2D eigenvalue weighted by Gasteiger charge is 2.20. The van der Waals surface area contributed by atoms with Gasteiger partial charge in [0.2, 0.25) is 12.6 Å². The van der Waals surface area contributed by atoms with E-state index >= 15 is 0 Å². The Kier molecular flexibility index (Phi) is 2.82. The standard InChI is InChI=1S/C10H7BrO5/c11-6-1-5(2-7(12)10(13)14)3-8-9(6)16-4-15-8/h1,3H,2,4H2,(H,13,14). The second kappa shape index (κ2) is 4.13. The summed E-state index contributed by atoms with van der Waals surface area (Å²) in [5.41, 5.74) is 0.573. The predicted octanol–water partition coefficient (Wildman–Crippen LogP) is 1.37. The van der Waals surface area contributed by atoms with E-state index in [-0.39, 0.29) is 13.2 Å². The van der Waals surface area contributed by atoms with E-state index in [0.717, 1.165) is 0 Å². The number of hydrogen-bond acceptors (Lipinski definition) is 4. The smallest absolute Gasteiger partial charge is 0.372 e. The van der Waals surface area contributed by atoms with Gasteiger partial charge in [-0.3, -0.25) is 4.79 Å². The van der Waals surface area contributed by atoms with E-state index in [1.165, 1.54) is 0 Å². The Morgan fingerprint density at radius 1 is 1.38 bits per heavy atom. The van der Waals surface area contributed by atoms with E-state index < -0.39 is 11.8 Å². The molecule has 1 aliphatic rings. The van der Waals surface area contributed by atoms with Gasteiger partial charge in [0.1, 0.15) is 0 Å². The van der Waals surface area contributed by atoms with Gasteiger partial charge in [0.15, 0.2) is 11.5 Å². The zero-order chi connectivity index (χ0) is 11.7. The summed E-state index contributed by atoms with van der Waals surface area (Å²) in [6.45, 7) is 0.129. The molecular weight excluding hydrogens is 280 g/mol. The van der Waals surface area contributed by atoms with Crippen LogP contribution in [0.2, 0.25) is 0 Å². The summed E-state index contributed by atoms with van der Waals surface area (Å²) in [6.07, 6.45) is -0.162. The van der Waals surface area contributed by atoms with Crippen molar-refractivity contribution in [3.05, 3.63) is 22.2 Å². The van der Waals surface area contributed by atoms with Gasteiger partial charge in [-0.2, -0.15) is 0 Å². The van der Waals surface area contributed by atoms with Crippen molar-refractivity contribution in [3.8, 4) is 11.5 Å². The maximum Gasteiger partial charge on any atom is 0.372 e. The number of fused-ring (bicyclic) bond motifs is 1. The van der Waals surface area contributed by atoms with Crippen LogP contribution in [-0.4, -0.2) is 23.7 Å². The number of carbonyl (C=O) groups excluding carboxylic acids is 1. The number of halogens is 1. The molecule has 0 saturated heterocycles. The molecule has 0 amide bonds. The first-order valence-electron chi connectivity index (χ1n) is 4.42. The van der Waals surface area contributed by atoms with Crippen molar-refractivity contribution in [2.75, 3.05) is 6.79 Å². The Morgan fingerprint density at radius 2 is 2.12 bits per heavy atom. The summed E-state index contributed by atoms with van der Waals surface area (Å²) in [5, 5.41) is 8.49. The van der Waals surface area contributed by atoms with Crippen molar-refractivity contribution in [2.45, 2.75) is 6.42 Å². The molecule has 0 radical (unpaired) electrons. The highest BCUT2D eigenvalue weighted by Crippen LogP contribution is 2.40. The van der Waals surface area contributed by atoms with Gasteiger partial charge in [-0.25, -0.2) is 4.79 Å². The number of Topliss-reactive ketones (excluding diaryl/α,β-unsaturated/α-hetero) is 1. The first-order chi connectivity index (χ1) is 7.58. The second-order valence-electron chi connectivity index (χ2n) is 3.22. The molecule has 1 N–H and O–H groups in total.